The summed E-state index contributed by atoms with van der Waals surface area (Å²) in [5.74, 6) is 0.193. The van der Waals surface area contributed by atoms with Crippen molar-refractivity contribution in [2.24, 2.45) is 5.41 Å². The summed E-state index contributed by atoms with van der Waals surface area (Å²) in [4.78, 5) is 12.2. The zero-order valence-electron chi connectivity index (χ0n) is 10.5. The number of nitrogens with one attached hydrogen (secondary N) is 2. The van der Waals surface area contributed by atoms with Crippen LogP contribution in [0.25, 0.3) is 0 Å². The predicted molar refractivity (Wildman–Crippen MR) is 64.3 cm³/mol. The van der Waals surface area contributed by atoms with E-state index in [1.54, 1.807) is 7.11 Å². The van der Waals surface area contributed by atoms with E-state index in [1.807, 2.05) is 0 Å². The molecule has 1 saturated heterocycles. The highest BCUT2D eigenvalue weighted by Gasteiger charge is 2.38. The summed E-state index contributed by atoms with van der Waals surface area (Å²) in [7, 11) is 1.65. The molecule has 4 heteroatoms. The van der Waals surface area contributed by atoms with Crippen LogP contribution < -0.4 is 10.6 Å². The highest BCUT2D eigenvalue weighted by Crippen LogP contribution is 2.31. The minimum atomic E-state index is -0.180. The molecule has 1 aliphatic heterocycles. The van der Waals surface area contributed by atoms with Crippen LogP contribution in [0.4, 0.5) is 0 Å². The number of carbonyl (C=O) groups is 1. The monoisotopic (exact) mass is 228 g/mol. The molecule has 0 spiro atoms. The van der Waals surface area contributed by atoms with E-state index >= 15 is 0 Å². The minimum absolute atomic E-state index is 0.180. The molecule has 1 unspecified atom stereocenters. The van der Waals surface area contributed by atoms with E-state index in [0.29, 0.717) is 13.2 Å². The molecule has 0 aromatic rings. The normalized spacial score (nSPS) is 25.4. The number of piperidine rings is 1. The Balaban J connectivity index is 2.50. The van der Waals surface area contributed by atoms with Gasteiger partial charge in [0.05, 0.1) is 12.0 Å². The molecule has 94 valence electrons. The number of amides is 1. The van der Waals surface area contributed by atoms with E-state index in [4.69, 9.17) is 4.74 Å². The van der Waals surface area contributed by atoms with Crippen LogP contribution >= 0.6 is 0 Å². The SMILES string of the molecule is CCCC1(C(=O)NCCOC)CCCNC1. The van der Waals surface area contributed by atoms with Gasteiger partial charge in [-0.25, -0.2) is 0 Å². The second kappa shape index (κ2) is 6.86. The third kappa shape index (κ3) is 3.46. The maximum Gasteiger partial charge on any atom is 0.227 e. The average molecular weight is 228 g/mol. The van der Waals surface area contributed by atoms with Crippen LogP contribution in [-0.4, -0.2) is 39.3 Å². The molecular weight excluding hydrogens is 204 g/mol. The first-order valence-electron chi connectivity index (χ1n) is 6.23. The minimum Gasteiger partial charge on any atom is -0.383 e. The van der Waals surface area contributed by atoms with Crippen molar-refractivity contribution in [3.8, 4) is 0 Å². The lowest BCUT2D eigenvalue weighted by Crippen LogP contribution is -2.51. The standard InChI is InChI=1S/C12H24N2O2/c1-3-5-12(6-4-7-13-10-12)11(15)14-8-9-16-2/h13H,3-10H2,1-2H3,(H,14,15). The fraction of sp³-hybridized carbons (Fsp3) is 0.917. The fourth-order valence-corrected chi connectivity index (χ4v) is 2.42. The van der Waals surface area contributed by atoms with Crippen LogP contribution in [0.3, 0.4) is 0 Å². The number of hydrogen-bond donors (Lipinski definition) is 2. The summed E-state index contributed by atoms with van der Waals surface area (Å²) in [6.45, 7) is 5.19. The summed E-state index contributed by atoms with van der Waals surface area (Å²) in [6.07, 6.45) is 4.13. The first-order chi connectivity index (χ1) is 7.75. The van der Waals surface area contributed by atoms with Gasteiger partial charge in [-0.05, 0) is 25.8 Å². The van der Waals surface area contributed by atoms with E-state index in [-0.39, 0.29) is 11.3 Å². The third-order valence-electron chi connectivity index (χ3n) is 3.27. The number of ether oxygens (including phenoxy) is 1. The van der Waals surface area contributed by atoms with Gasteiger partial charge in [0.2, 0.25) is 5.91 Å². The molecule has 1 heterocycles. The van der Waals surface area contributed by atoms with Crippen molar-refractivity contribution in [1.82, 2.24) is 10.6 Å². The van der Waals surface area contributed by atoms with Gasteiger partial charge in [-0.2, -0.15) is 0 Å². The lowest BCUT2D eigenvalue weighted by atomic mass is 9.76. The van der Waals surface area contributed by atoms with Gasteiger partial charge in [0.25, 0.3) is 0 Å². The van der Waals surface area contributed by atoms with Gasteiger partial charge in [-0.1, -0.05) is 13.3 Å². The Bertz CT molecular complexity index is 208. The van der Waals surface area contributed by atoms with Crippen molar-refractivity contribution < 1.29 is 9.53 Å². The molecular formula is C12H24N2O2. The summed E-state index contributed by atoms with van der Waals surface area (Å²) >= 11 is 0. The van der Waals surface area contributed by atoms with Gasteiger partial charge in [0.15, 0.2) is 0 Å². The van der Waals surface area contributed by atoms with Crippen LogP contribution in [0, 0.1) is 5.41 Å². The predicted octanol–water partition coefficient (Wildman–Crippen LogP) is 0.919. The summed E-state index contributed by atoms with van der Waals surface area (Å²) in [5.41, 5.74) is -0.180. The van der Waals surface area contributed by atoms with Crippen molar-refractivity contribution in [2.45, 2.75) is 32.6 Å². The third-order valence-corrected chi connectivity index (χ3v) is 3.27. The van der Waals surface area contributed by atoms with Crippen LogP contribution in [-0.2, 0) is 9.53 Å². The van der Waals surface area contributed by atoms with E-state index in [0.717, 1.165) is 38.8 Å². The molecule has 0 aromatic heterocycles. The van der Waals surface area contributed by atoms with Crippen molar-refractivity contribution in [3.05, 3.63) is 0 Å². The molecule has 1 amide bonds. The van der Waals surface area contributed by atoms with Crippen molar-refractivity contribution in [1.29, 1.82) is 0 Å². The molecule has 1 rings (SSSR count). The van der Waals surface area contributed by atoms with Gasteiger partial charge < -0.3 is 15.4 Å². The Morgan fingerprint density at radius 3 is 2.94 bits per heavy atom. The lowest BCUT2D eigenvalue weighted by molar-refractivity contribution is -0.132. The number of hydrogen-bond acceptors (Lipinski definition) is 3. The number of methoxy groups -OCH3 is 1. The molecule has 0 bridgehead atoms. The maximum absolute atomic E-state index is 12.2. The first kappa shape index (κ1) is 13.5. The van der Waals surface area contributed by atoms with Crippen LogP contribution in [0.5, 0.6) is 0 Å². The Morgan fingerprint density at radius 1 is 1.56 bits per heavy atom. The van der Waals surface area contributed by atoms with E-state index < -0.39 is 0 Å². The molecule has 0 aliphatic carbocycles. The van der Waals surface area contributed by atoms with Gasteiger partial charge in [-0.15, -0.1) is 0 Å². The molecule has 0 saturated carbocycles. The highest BCUT2D eigenvalue weighted by molar-refractivity contribution is 5.83. The van der Waals surface area contributed by atoms with E-state index in [2.05, 4.69) is 17.6 Å². The fourth-order valence-electron chi connectivity index (χ4n) is 2.42. The number of rotatable bonds is 6. The lowest BCUT2D eigenvalue weighted by Gasteiger charge is -2.36. The Kier molecular flexibility index (Phi) is 5.77. The van der Waals surface area contributed by atoms with Gasteiger partial charge in [0.1, 0.15) is 0 Å². The zero-order chi connectivity index (χ0) is 11.9. The second-order valence-corrected chi connectivity index (χ2v) is 4.56. The number of carbonyl (C=O) groups excluding carboxylic acids is 1. The molecule has 16 heavy (non-hydrogen) atoms. The molecule has 0 radical (unpaired) electrons. The summed E-state index contributed by atoms with van der Waals surface area (Å²) in [5, 5.41) is 6.31. The summed E-state index contributed by atoms with van der Waals surface area (Å²) in [6, 6.07) is 0. The molecule has 2 N–H and O–H groups in total. The van der Waals surface area contributed by atoms with Gasteiger partial charge in [0, 0.05) is 20.2 Å². The Morgan fingerprint density at radius 2 is 2.38 bits per heavy atom. The smallest absolute Gasteiger partial charge is 0.227 e. The summed E-state index contributed by atoms with van der Waals surface area (Å²) < 4.78 is 4.94. The Labute approximate surface area is 98.1 Å². The zero-order valence-corrected chi connectivity index (χ0v) is 10.5. The van der Waals surface area contributed by atoms with Gasteiger partial charge >= 0.3 is 0 Å². The molecule has 1 fully saturated rings. The van der Waals surface area contributed by atoms with Crippen molar-refractivity contribution >= 4 is 5.91 Å². The van der Waals surface area contributed by atoms with Gasteiger partial charge in [-0.3, -0.25) is 4.79 Å². The van der Waals surface area contributed by atoms with E-state index in [1.165, 1.54) is 0 Å². The van der Waals surface area contributed by atoms with Crippen molar-refractivity contribution in [2.75, 3.05) is 33.4 Å². The quantitative estimate of drug-likeness (QED) is 0.665. The van der Waals surface area contributed by atoms with E-state index in [9.17, 15) is 4.79 Å². The molecule has 1 aliphatic rings. The maximum atomic E-state index is 12.2. The molecule has 1 atom stereocenters. The van der Waals surface area contributed by atoms with Crippen LogP contribution in [0.2, 0.25) is 0 Å². The highest BCUT2D eigenvalue weighted by atomic mass is 16.5. The average Bonchev–Trinajstić information content (AvgIpc) is 2.31. The largest absolute Gasteiger partial charge is 0.383 e. The first-order valence-corrected chi connectivity index (χ1v) is 6.23. The van der Waals surface area contributed by atoms with Crippen molar-refractivity contribution in [3.63, 3.8) is 0 Å². The molecule has 4 nitrogen and oxygen atoms in total. The van der Waals surface area contributed by atoms with Crippen LogP contribution in [0.1, 0.15) is 32.6 Å². The molecule has 0 aromatic carbocycles. The topological polar surface area (TPSA) is 50.4 Å². The Hall–Kier alpha value is -0.610. The van der Waals surface area contributed by atoms with Crippen LogP contribution in [0.15, 0.2) is 0 Å². The second-order valence-electron chi connectivity index (χ2n) is 4.56.